The molecule has 41 heavy (non-hydrogen) atoms. The Morgan fingerprint density at radius 2 is 1.05 bits per heavy atom. The Labute approximate surface area is 235 Å². The second-order valence-electron chi connectivity index (χ2n) is 9.63. The minimum atomic E-state index is -0.837. The zero-order valence-corrected chi connectivity index (χ0v) is 22.0. The maximum absolute atomic E-state index is 13.3. The van der Waals surface area contributed by atoms with Gasteiger partial charge in [0.1, 0.15) is 42.0 Å². The third-order valence-corrected chi connectivity index (χ3v) is 6.27. The van der Waals surface area contributed by atoms with Gasteiger partial charge in [-0.3, -0.25) is 0 Å². The number of benzene rings is 4. The van der Waals surface area contributed by atoms with Crippen LogP contribution in [-0.2, 0) is 13.2 Å². The number of amides is 4. The largest absolute Gasteiger partial charge is 0.489 e. The summed E-state index contributed by atoms with van der Waals surface area (Å²) in [7, 11) is 0. The Morgan fingerprint density at radius 1 is 0.634 bits per heavy atom. The number of anilines is 2. The van der Waals surface area contributed by atoms with Crippen LogP contribution >= 0.6 is 0 Å². The van der Waals surface area contributed by atoms with Crippen LogP contribution in [0.2, 0.25) is 0 Å². The van der Waals surface area contributed by atoms with E-state index in [4.69, 9.17) is 9.47 Å². The molecule has 0 heterocycles. The van der Waals surface area contributed by atoms with Gasteiger partial charge in [0.15, 0.2) is 0 Å². The predicted molar refractivity (Wildman–Crippen MR) is 151 cm³/mol. The minimum absolute atomic E-state index is 0.218. The van der Waals surface area contributed by atoms with Crippen molar-refractivity contribution in [2.24, 2.45) is 0 Å². The summed E-state index contributed by atoms with van der Waals surface area (Å²) in [4.78, 5) is 25.1. The van der Waals surface area contributed by atoms with Gasteiger partial charge in [-0.15, -0.1) is 0 Å². The van der Waals surface area contributed by atoms with Gasteiger partial charge in [-0.2, -0.15) is 0 Å². The third-order valence-electron chi connectivity index (χ3n) is 6.27. The Kier molecular flexibility index (Phi) is 8.28. The van der Waals surface area contributed by atoms with Gasteiger partial charge in [-0.25, -0.2) is 18.4 Å². The van der Waals surface area contributed by atoms with E-state index >= 15 is 0 Å². The maximum atomic E-state index is 13.3. The fourth-order valence-corrected chi connectivity index (χ4v) is 4.02. The molecule has 0 unspecified atom stereocenters. The van der Waals surface area contributed by atoms with E-state index < -0.39 is 17.7 Å². The molecule has 210 valence electrons. The fourth-order valence-electron chi connectivity index (χ4n) is 4.02. The van der Waals surface area contributed by atoms with Crippen molar-refractivity contribution >= 4 is 23.4 Å². The van der Waals surface area contributed by atoms with Gasteiger partial charge in [0.25, 0.3) is 0 Å². The number of hydrogen-bond donors (Lipinski definition) is 4. The molecule has 4 aromatic rings. The minimum Gasteiger partial charge on any atom is -0.489 e. The number of rotatable bonds is 10. The highest BCUT2D eigenvalue weighted by Gasteiger charge is 2.45. The molecular formula is C31H28F2N4O4. The molecular weight excluding hydrogens is 530 g/mol. The lowest BCUT2D eigenvalue weighted by Gasteiger charge is -2.20. The molecule has 0 saturated heterocycles. The average molecular weight is 559 g/mol. The molecule has 4 N–H and O–H groups in total. The summed E-state index contributed by atoms with van der Waals surface area (Å²) in [5, 5.41) is 11.1. The molecule has 1 aliphatic rings. The zero-order chi connectivity index (χ0) is 28.7. The monoisotopic (exact) mass is 558 g/mol. The molecule has 1 aliphatic carbocycles. The first-order valence-corrected chi connectivity index (χ1v) is 13.0. The normalized spacial score (nSPS) is 13.0. The number of urea groups is 2. The van der Waals surface area contributed by atoms with E-state index in [9.17, 15) is 18.4 Å². The Bertz CT molecular complexity index is 1400. The predicted octanol–water partition coefficient (Wildman–Crippen LogP) is 6.56. The molecule has 0 aliphatic heterocycles. The summed E-state index contributed by atoms with van der Waals surface area (Å²) >= 11 is 0. The van der Waals surface area contributed by atoms with Crippen LogP contribution in [0, 0.1) is 11.6 Å². The zero-order valence-electron chi connectivity index (χ0n) is 22.0. The highest BCUT2D eigenvalue weighted by atomic mass is 19.1. The summed E-state index contributed by atoms with van der Waals surface area (Å²) < 4.78 is 37.9. The van der Waals surface area contributed by atoms with Gasteiger partial charge in [-0.05, 0) is 96.8 Å². The molecule has 0 atom stereocenters. The molecule has 1 saturated carbocycles. The molecule has 0 bridgehead atoms. The highest BCUT2D eigenvalue weighted by Crippen LogP contribution is 2.32. The van der Waals surface area contributed by atoms with Crippen molar-refractivity contribution in [2.45, 2.75) is 31.7 Å². The van der Waals surface area contributed by atoms with E-state index in [2.05, 4.69) is 21.3 Å². The summed E-state index contributed by atoms with van der Waals surface area (Å²) in [5.41, 5.74) is 1.67. The van der Waals surface area contributed by atoms with E-state index in [1.165, 1.54) is 24.3 Å². The number of hydrogen-bond acceptors (Lipinski definition) is 4. The topological polar surface area (TPSA) is 101 Å². The van der Waals surface area contributed by atoms with Crippen LogP contribution in [-0.4, -0.2) is 17.7 Å². The lowest BCUT2D eigenvalue weighted by molar-refractivity contribution is 0.236. The van der Waals surface area contributed by atoms with Gasteiger partial charge in [0, 0.05) is 11.4 Å². The Morgan fingerprint density at radius 3 is 1.41 bits per heavy atom. The second kappa shape index (κ2) is 12.4. The maximum Gasteiger partial charge on any atom is 0.321 e. The van der Waals surface area contributed by atoms with E-state index in [-0.39, 0.29) is 24.8 Å². The third kappa shape index (κ3) is 8.18. The highest BCUT2D eigenvalue weighted by molar-refractivity contribution is 5.93. The van der Waals surface area contributed by atoms with Gasteiger partial charge < -0.3 is 30.7 Å². The van der Waals surface area contributed by atoms with Crippen molar-refractivity contribution in [1.82, 2.24) is 10.6 Å². The van der Waals surface area contributed by atoms with Crippen LogP contribution < -0.4 is 30.7 Å². The van der Waals surface area contributed by atoms with Crippen LogP contribution in [0.5, 0.6) is 11.5 Å². The van der Waals surface area contributed by atoms with Crippen LogP contribution in [0.1, 0.15) is 24.0 Å². The lowest BCUT2D eigenvalue weighted by Crippen LogP contribution is -2.52. The first-order chi connectivity index (χ1) is 19.8. The molecule has 5 rings (SSSR count). The summed E-state index contributed by atoms with van der Waals surface area (Å²) in [6, 6.07) is 25.0. The molecule has 0 radical (unpaired) electrons. The smallest absolute Gasteiger partial charge is 0.321 e. The van der Waals surface area contributed by atoms with Crippen molar-refractivity contribution < 1.29 is 27.8 Å². The number of carbonyl (C=O) groups excluding carboxylic acids is 2. The van der Waals surface area contributed by atoms with Crippen LogP contribution in [0.15, 0.2) is 97.1 Å². The molecule has 10 heteroatoms. The van der Waals surface area contributed by atoms with Crippen molar-refractivity contribution in [3.05, 3.63) is 120 Å². The molecule has 0 spiro atoms. The second-order valence-corrected chi connectivity index (χ2v) is 9.63. The Hall–Kier alpha value is -5.12. The number of nitrogens with one attached hydrogen (secondary N) is 4. The summed E-state index contributed by atoms with van der Waals surface area (Å²) in [6.07, 6.45) is 1.18. The SMILES string of the molecule is O=C(Nc1ccc(OCc2cccc(F)c2)cc1)NC1(NC(=O)Nc2ccc(OCc3cccc(F)c3)cc2)CC1. The van der Waals surface area contributed by atoms with Gasteiger partial charge >= 0.3 is 12.1 Å². The van der Waals surface area contributed by atoms with Crippen molar-refractivity contribution in [3.8, 4) is 11.5 Å². The first kappa shape index (κ1) is 27.4. The number of carbonyl (C=O) groups is 2. The molecule has 8 nitrogen and oxygen atoms in total. The van der Waals surface area contributed by atoms with Crippen LogP contribution in [0.3, 0.4) is 0 Å². The fraction of sp³-hybridized carbons (Fsp3) is 0.161. The van der Waals surface area contributed by atoms with E-state index in [1.54, 1.807) is 72.8 Å². The van der Waals surface area contributed by atoms with E-state index in [0.717, 1.165) is 0 Å². The van der Waals surface area contributed by atoms with E-state index in [1.807, 2.05) is 0 Å². The molecule has 1 fully saturated rings. The van der Waals surface area contributed by atoms with Crippen molar-refractivity contribution in [2.75, 3.05) is 10.6 Å². The number of ether oxygens (including phenoxy) is 2. The molecule has 0 aromatic heterocycles. The standard InChI is InChI=1S/C31H28F2N4O4/c32-23-5-1-3-21(17-23)19-40-27-11-7-25(8-12-27)34-29(38)36-31(15-16-31)37-30(39)35-26-9-13-28(14-10-26)41-20-22-4-2-6-24(33)18-22/h1-14,17-18H,15-16,19-20H2,(H2,34,36,38)(H2,35,37,39). The van der Waals surface area contributed by atoms with Crippen molar-refractivity contribution in [1.29, 1.82) is 0 Å². The van der Waals surface area contributed by atoms with Gasteiger partial charge in [0.2, 0.25) is 0 Å². The Balaban J connectivity index is 1.05. The van der Waals surface area contributed by atoms with Crippen LogP contribution in [0.25, 0.3) is 0 Å². The van der Waals surface area contributed by atoms with Gasteiger partial charge in [-0.1, -0.05) is 24.3 Å². The van der Waals surface area contributed by atoms with E-state index in [0.29, 0.717) is 46.8 Å². The molecule has 4 aromatic carbocycles. The summed E-state index contributed by atoms with van der Waals surface area (Å²) in [6.45, 7) is 0.436. The van der Waals surface area contributed by atoms with Crippen molar-refractivity contribution in [3.63, 3.8) is 0 Å². The number of halogens is 2. The first-order valence-electron chi connectivity index (χ1n) is 13.0. The average Bonchev–Trinajstić information content (AvgIpc) is 3.70. The quantitative estimate of drug-likeness (QED) is 0.166. The van der Waals surface area contributed by atoms with Gasteiger partial charge in [0.05, 0.1) is 0 Å². The summed E-state index contributed by atoms with van der Waals surface area (Å²) in [5.74, 6) is 0.500. The lowest BCUT2D eigenvalue weighted by atomic mass is 10.2. The van der Waals surface area contributed by atoms with Crippen LogP contribution in [0.4, 0.5) is 29.7 Å². The molecule has 4 amide bonds.